The van der Waals surface area contributed by atoms with Crippen LogP contribution in [-0.4, -0.2) is 24.1 Å². The van der Waals surface area contributed by atoms with Crippen molar-refractivity contribution in [1.29, 1.82) is 0 Å². The van der Waals surface area contributed by atoms with Crippen LogP contribution in [0, 0.1) is 10.1 Å². The van der Waals surface area contributed by atoms with Gasteiger partial charge in [-0.1, -0.05) is 19.4 Å². The second-order valence-corrected chi connectivity index (χ2v) is 5.20. The zero-order valence-electron chi connectivity index (χ0n) is 12.7. The fourth-order valence-corrected chi connectivity index (χ4v) is 2.17. The van der Waals surface area contributed by atoms with E-state index < -0.39 is 4.92 Å². The molecule has 1 N–H and O–H groups in total. The molecule has 1 rings (SSSR count). The topological polar surface area (TPSA) is 64.4 Å². The summed E-state index contributed by atoms with van der Waals surface area (Å²) in [4.78, 5) is 10.6. The number of nitrogens with one attached hydrogen (secondary N) is 1. The fraction of sp³-hybridized carbons (Fsp3) is 0.600. The molecule has 0 aromatic heterocycles. The van der Waals surface area contributed by atoms with Crippen molar-refractivity contribution in [2.75, 3.05) is 7.05 Å². The van der Waals surface area contributed by atoms with Gasteiger partial charge in [-0.15, -0.1) is 0 Å². The van der Waals surface area contributed by atoms with Gasteiger partial charge in [0.25, 0.3) is 0 Å². The molecular weight excluding hydrogens is 256 g/mol. The number of nitro benzene ring substituents is 1. The Morgan fingerprint density at radius 2 is 2.10 bits per heavy atom. The molecule has 112 valence electrons. The lowest BCUT2D eigenvalue weighted by Crippen LogP contribution is -2.27. The Bertz CT molecular complexity index is 447. The van der Waals surface area contributed by atoms with E-state index in [1.54, 1.807) is 6.07 Å². The van der Waals surface area contributed by atoms with E-state index in [0.717, 1.165) is 24.8 Å². The molecule has 5 nitrogen and oxygen atoms in total. The predicted octanol–water partition coefficient (Wildman–Crippen LogP) is 3.31. The second-order valence-electron chi connectivity index (χ2n) is 5.20. The number of ether oxygens (including phenoxy) is 1. The highest BCUT2D eigenvalue weighted by Crippen LogP contribution is 2.29. The summed E-state index contributed by atoms with van der Waals surface area (Å²) >= 11 is 0. The summed E-state index contributed by atoms with van der Waals surface area (Å²) in [6.07, 6.45) is 2.94. The smallest absolute Gasteiger partial charge is 0.310 e. The summed E-state index contributed by atoms with van der Waals surface area (Å²) < 4.78 is 5.56. The van der Waals surface area contributed by atoms with Gasteiger partial charge in [0.15, 0.2) is 5.75 Å². The molecule has 0 fully saturated rings. The third-order valence-corrected chi connectivity index (χ3v) is 3.11. The highest BCUT2D eigenvalue weighted by atomic mass is 16.6. The van der Waals surface area contributed by atoms with E-state index in [1.165, 1.54) is 6.07 Å². The minimum atomic E-state index is -0.400. The molecule has 0 spiro atoms. The number of hydrogen-bond donors (Lipinski definition) is 1. The average Bonchev–Trinajstić information content (AvgIpc) is 2.37. The maximum Gasteiger partial charge on any atom is 0.310 e. The lowest BCUT2D eigenvalue weighted by atomic mass is 10.0. The van der Waals surface area contributed by atoms with Crippen molar-refractivity contribution >= 4 is 5.69 Å². The molecule has 0 aliphatic carbocycles. The van der Waals surface area contributed by atoms with Crippen molar-refractivity contribution < 1.29 is 9.66 Å². The lowest BCUT2D eigenvalue weighted by Gasteiger charge is -2.16. The molecule has 0 heterocycles. The third kappa shape index (κ3) is 4.81. The molecular formula is C15H24N2O3. The van der Waals surface area contributed by atoms with E-state index in [-0.39, 0.29) is 11.8 Å². The van der Waals surface area contributed by atoms with E-state index in [9.17, 15) is 10.1 Å². The quantitative estimate of drug-likeness (QED) is 0.586. The largest absolute Gasteiger partial charge is 0.484 e. The molecule has 5 heteroatoms. The predicted molar refractivity (Wildman–Crippen MR) is 80.3 cm³/mol. The second kappa shape index (κ2) is 7.85. The van der Waals surface area contributed by atoms with Gasteiger partial charge in [-0.2, -0.15) is 0 Å². The van der Waals surface area contributed by atoms with Gasteiger partial charge in [0, 0.05) is 12.1 Å². The number of hydrogen-bond acceptors (Lipinski definition) is 4. The van der Waals surface area contributed by atoms with E-state index in [2.05, 4.69) is 12.2 Å². The van der Waals surface area contributed by atoms with E-state index in [0.29, 0.717) is 11.8 Å². The van der Waals surface area contributed by atoms with E-state index in [1.807, 2.05) is 27.0 Å². The molecule has 0 saturated heterocycles. The highest BCUT2D eigenvalue weighted by Gasteiger charge is 2.17. The standard InChI is InChI=1S/C15H24N2O3/c1-5-6-13(16-4)9-12-7-8-14(17(18)19)15(10-12)20-11(2)3/h7-8,10-11,13,16H,5-6,9H2,1-4H3. The molecule has 1 aromatic carbocycles. The Morgan fingerprint density at radius 1 is 1.40 bits per heavy atom. The molecule has 1 unspecified atom stereocenters. The van der Waals surface area contributed by atoms with Crippen molar-refractivity contribution in [2.45, 2.75) is 52.2 Å². The van der Waals surface area contributed by atoms with Crippen LogP contribution in [0.5, 0.6) is 5.75 Å². The van der Waals surface area contributed by atoms with Crippen molar-refractivity contribution in [3.63, 3.8) is 0 Å². The molecule has 0 amide bonds. The fourth-order valence-electron chi connectivity index (χ4n) is 2.17. The molecule has 1 aromatic rings. The van der Waals surface area contributed by atoms with Crippen molar-refractivity contribution in [2.24, 2.45) is 0 Å². The monoisotopic (exact) mass is 280 g/mol. The zero-order chi connectivity index (χ0) is 15.1. The van der Waals surface area contributed by atoms with Crippen LogP contribution in [0.2, 0.25) is 0 Å². The number of rotatable bonds is 8. The van der Waals surface area contributed by atoms with E-state index >= 15 is 0 Å². The van der Waals surface area contributed by atoms with E-state index in [4.69, 9.17) is 4.74 Å². The van der Waals surface area contributed by atoms with Gasteiger partial charge in [0.05, 0.1) is 11.0 Å². The van der Waals surface area contributed by atoms with Crippen LogP contribution in [0.15, 0.2) is 18.2 Å². The Balaban J connectivity index is 2.96. The van der Waals surface area contributed by atoms with Gasteiger partial charge in [-0.3, -0.25) is 10.1 Å². The Kier molecular flexibility index (Phi) is 6.45. The van der Waals surface area contributed by atoms with Crippen LogP contribution in [-0.2, 0) is 6.42 Å². The first-order valence-electron chi connectivity index (χ1n) is 7.09. The van der Waals surface area contributed by atoms with Gasteiger partial charge >= 0.3 is 5.69 Å². The number of likely N-dealkylation sites (N-methyl/N-ethyl adjacent to an activating group) is 1. The molecule has 20 heavy (non-hydrogen) atoms. The van der Waals surface area contributed by atoms with Gasteiger partial charge in [-0.25, -0.2) is 0 Å². The number of benzene rings is 1. The summed E-state index contributed by atoms with van der Waals surface area (Å²) in [5.41, 5.74) is 1.08. The van der Waals surface area contributed by atoms with Crippen molar-refractivity contribution in [3.05, 3.63) is 33.9 Å². The molecule has 0 radical (unpaired) electrons. The summed E-state index contributed by atoms with van der Waals surface area (Å²) in [6.45, 7) is 5.88. The molecule has 0 aliphatic rings. The maximum absolute atomic E-state index is 11.0. The molecule has 1 atom stereocenters. The molecule has 0 bridgehead atoms. The molecule has 0 aliphatic heterocycles. The minimum absolute atomic E-state index is 0.0268. The first-order chi connectivity index (χ1) is 9.47. The van der Waals surface area contributed by atoms with Crippen LogP contribution < -0.4 is 10.1 Å². The SMILES string of the molecule is CCCC(Cc1ccc([N+](=O)[O-])c(OC(C)C)c1)NC. The zero-order valence-corrected chi connectivity index (χ0v) is 12.7. The third-order valence-electron chi connectivity index (χ3n) is 3.11. The van der Waals surface area contributed by atoms with Crippen LogP contribution in [0.25, 0.3) is 0 Å². The summed E-state index contributed by atoms with van der Waals surface area (Å²) in [5.74, 6) is 0.355. The number of nitrogens with zero attached hydrogens (tertiary/aromatic N) is 1. The summed E-state index contributed by atoms with van der Waals surface area (Å²) in [5, 5.41) is 14.3. The van der Waals surface area contributed by atoms with Crippen LogP contribution in [0.1, 0.15) is 39.2 Å². The Hall–Kier alpha value is -1.62. The number of nitro groups is 1. The van der Waals surface area contributed by atoms with Crippen LogP contribution >= 0.6 is 0 Å². The van der Waals surface area contributed by atoms with Gasteiger partial charge < -0.3 is 10.1 Å². The Morgan fingerprint density at radius 3 is 2.60 bits per heavy atom. The minimum Gasteiger partial charge on any atom is -0.484 e. The lowest BCUT2D eigenvalue weighted by molar-refractivity contribution is -0.386. The van der Waals surface area contributed by atoms with Gasteiger partial charge in [0.2, 0.25) is 0 Å². The average molecular weight is 280 g/mol. The van der Waals surface area contributed by atoms with Gasteiger partial charge in [-0.05, 0) is 45.4 Å². The van der Waals surface area contributed by atoms with Gasteiger partial charge in [0.1, 0.15) is 0 Å². The maximum atomic E-state index is 11.0. The highest BCUT2D eigenvalue weighted by molar-refractivity contribution is 5.48. The first-order valence-corrected chi connectivity index (χ1v) is 7.09. The van der Waals surface area contributed by atoms with Crippen molar-refractivity contribution in [1.82, 2.24) is 5.32 Å². The van der Waals surface area contributed by atoms with Crippen LogP contribution in [0.3, 0.4) is 0 Å². The summed E-state index contributed by atoms with van der Waals surface area (Å²) in [7, 11) is 1.94. The first kappa shape index (κ1) is 16.4. The van der Waals surface area contributed by atoms with Crippen LogP contribution in [0.4, 0.5) is 5.69 Å². The summed E-state index contributed by atoms with van der Waals surface area (Å²) in [6, 6.07) is 5.52. The molecule has 0 saturated carbocycles. The Labute approximate surface area is 120 Å². The van der Waals surface area contributed by atoms with Crippen molar-refractivity contribution in [3.8, 4) is 5.75 Å². The normalized spacial score (nSPS) is 12.4.